The number of fused-ring (bicyclic) bond motifs is 1. The number of rotatable bonds is 13. The molecule has 2 N–H and O–H groups in total. The Morgan fingerprint density at radius 2 is 1.88 bits per heavy atom. The van der Waals surface area contributed by atoms with E-state index in [-0.39, 0.29) is 11.7 Å². The second kappa shape index (κ2) is 12.5. The highest BCUT2D eigenvalue weighted by atomic mass is 32.1. The number of anilines is 1. The molecular weight excluding hydrogens is 442 g/mol. The van der Waals surface area contributed by atoms with Crippen LogP contribution in [0.3, 0.4) is 0 Å². The SMILES string of the molecule is COc1cc2c(Oc3ccc(NC=O)cc3)ccnc2cc1OCCCCCNC(=O)CS. The number of nitrogens with zero attached hydrogens (tertiary/aromatic N) is 1. The zero-order valence-corrected chi connectivity index (χ0v) is 19.3. The fourth-order valence-corrected chi connectivity index (χ4v) is 3.29. The van der Waals surface area contributed by atoms with Crippen LogP contribution in [0.1, 0.15) is 19.3 Å². The lowest BCUT2D eigenvalue weighted by Crippen LogP contribution is -2.25. The highest BCUT2D eigenvalue weighted by Crippen LogP contribution is 2.37. The second-order valence-electron chi connectivity index (χ2n) is 7.14. The van der Waals surface area contributed by atoms with Crippen LogP contribution in [0.25, 0.3) is 10.9 Å². The van der Waals surface area contributed by atoms with E-state index < -0.39 is 0 Å². The summed E-state index contributed by atoms with van der Waals surface area (Å²) in [4.78, 5) is 26.2. The molecule has 1 aromatic heterocycles. The summed E-state index contributed by atoms with van der Waals surface area (Å²) in [5, 5.41) is 6.18. The standard InChI is InChI=1S/C24H27N3O5S/c1-30-22-13-19-20(14-23(22)31-12-4-2-3-10-26-24(29)15-33)25-11-9-21(19)32-18-7-5-17(6-8-18)27-16-28/h5-9,11,13-14,16,33H,2-4,10,12,15H2,1H3,(H,26,29)(H,27,28). The van der Waals surface area contributed by atoms with Crippen LogP contribution in [0.4, 0.5) is 5.69 Å². The van der Waals surface area contributed by atoms with E-state index in [1.165, 1.54) is 0 Å². The Balaban J connectivity index is 1.64. The van der Waals surface area contributed by atoms with E-state index in [0.29, 0.717) is 48.2 Å². The average molecular weight is 470 g/mol. The van der Waals surface area contributed by atoms with Crippen LogP contribution in [0.15, 0.2) is 48.7 Å². The monoisotopic (exact) mass is 469 g/mol. The van der Waals surface area contributed by atoms with Crippen LogP contribution in [-0.4, -0.2) is 43.3 Å². The van der Waals surface area contributed by atoms with Crippen molar-refractivity contribution in [3.8, 4) is 23.0 Å². The average Bonchev–Trinajstić information content (AvgIpc) is 2.84. The van der Waals surface area contributed by atoms with Gasteiger partial charge in [0.2, 0.25) is 12.3 Å². The molecule has 2 amide bonds. The number of hydrogen-bond acceptors (Lipinski definition) is 7. The summed E-state index contributed by atoms with van der Waals surface area (Å²) in [6.07, 6.45) is 4.97. The van der Waals surface area contributed by atoms with E-state index in [0.717, 1.165) is 30.2 Å². The molecule has 0 spiro atoms. The smallest absolute Gasteiger partial charge is 0.229 e. The first-order valence-electron chi connectivity index (χ1n) is 10.6. The summed E-state index contributed by atoms with van der Waals surface area (Å²) in [5.74, 6) is 2.61. The van der Waals surface area contributed by atoms with E-state index in [2.05, 4.69) is 28.2 Å². The second-order valence-corrected chi connectivity index (χ2v) is 7.45. The van der Waals surface area contributed by atoms with Gasteiger partial charge in [-0.25, -0.2) is 0 Å². The van der Waals surface area contributed by atoms with Gasteiger partial charge in [-0.3, -0.25) is 14.6 Å². The van der Waals surface area contributed by atoms with Crippen molar-refractivity contribution in [2.24, 2.45) is 0 Å². The van der Waals surface area contributed by atoms with E-state index in [1.54, 1.807) is 43.6 Å². The van der Waals surface area contributed by atoms with Crippen molar-refractivity contribution in [1.82, 2.24) is 10.3 Å². The van der Waals surface area contributed by atoms with Crippen LogP contribution in [0.2, 0.25) is 0 Å². The lowest BCUT2D eigenvalue weighted by molar-refractivity contribution is -0.118. The van der Waals surface area contributed by atoms with E-state index in [9.17, 15) is 9.59 Å². The Bertz CT molecular complexity index is 1080. The van der Waals surface area contributed by atoms with Crippen molar-refractivity contribution in [3.63, 3.8) is 0 Å². The minimum Gasteiger partial charge on any atom is -0.493 e. The number of benzene rings is 2. The van der Waals surface area contributed by atoms with Gasteiger partial charge in [-0.05, 0) is 55.7 Å². The first kappa shape index (κ1) is 24.2. The van der Waals surface area contributed by atoms with E-state index in [1.807, 2.05) is 12.1 Å². The minimum atomic E-state index is -0.0572. The van der Waals surface area contributed by atoms with Gasteiger partial charge in [0, 0.05) is 29.9 Å². The number of carbonyl (C=O) groups excluding carboxylic acids is 2. The van der Waals surface area contributed by atoms with Gasteiger partial charge < -0.3 is 24.8 Å². The van der Waals surface area contributed by atoms with Crippen LogP contribution in [0.5, 0.6) is 23.0 Å². The molecule has 0 fully saturated rings. The zero-order valence-electron chi connectivity index (χ0n) is 18.4. The number of nitrogens with one attached hydrogen (secondary N) is 2. The highest BCUT2D eigenvalue weighted by molar-refractivity contribution is 7.81. The number of unbranched alkanes of at least 4 members (excludes halogenated alkanes) is 2. The molecule has 0 aliphatic rings. The van der Waals surface area contributed by atoms with Crippen molar-refractivity contribution in [2.45, 2.75) is 19.3 Å². The molecule has 3 aromatic rings. The largest absolute Gasteiger partial charge is 0.493 e. The van der Waals surface area contributed by atoms with Crippen molar-refractivity contribution in [3.05, 3.63) is 48.7 Å². The summed E-state index contributed by atoms with van der Waals surface area (Å²) >= 11 is 3.93. The molecule has 2 aromatic carbocycles. The van der Waals surface area contributed by atoms with Gasteiger partial charge in [0.15, 0.2) is 11.5 Å². The number of hydrogen-bond donors (Lipinski definition) is 3. The number of amides is 2. The number of pyridine rings is 1. The molecule has 8 nitrogen and oxygen atoms in total. The fraction of sp³-hybridized carbons (Fsp3) is 0.292. The van der Waals surface area contributed by atoms with Gasteiger partial charge in [0.1, 0.15) is 11.5 Å². The molecule has 3 rings (SSSR count). The molecule has 9 heteroatoms. The Morgan fingerprint density at radius 1 is 1.06 bits per heavy atom. The molecule has 0 saturated heterocycles. The molecule has 0 saturated carbocycles. The molecule has 0 radical (unpaired) electrons. The summed E-state index contributed by atoms with van der Waals surface area (Å²) in [6.45, 7) is 1.17. The summed E-state index contributed by atoms with van der Waals surface area (Å²) < 4.78 is 17.5. The summed E-state index contributed by atoms with van der Waals surface area (Å²) in [6, 6.07) is 12.5. The predicted octanol–water partition coefficient (Wildman–Crippen LogP) is 4.20. The molecule has 0 aliphatic heterocycles. The lowest BCUT2D eigenvalue weighted by atomic mass is 10.1. The van der Waals surface area contributed by atoms with Crippen LogP contribution < -0.4 is 24.8 Å². The van der Waals surface area contributed by atoms with Crippen LogP contribution in [0, 0.1) is 0 Å². The lowest BCUT2D eigenvalue weighted by Gasteiger charge is -2.14. The Labute approximate surface area is 198 Å². The maximum atomic E-state index is 11.2. The van der Waals surface area contributed by atoms with Gasteiger partial charge >= 0.3 is 0 Å². The summed E-state index contributed by atoms with van der Waals surface area (Å²) in [5.41, 5.74) is 1.40. The van der Waals surface area contributed by atoms with Crippen molar-refractivity contribution < 1.29 is 23.8 Å². The number of ether oxygens (including phenoxy) is 3. The number of thiol groups is 1. The molecule has 0 aliphatic carbocycles. The van der Waals surface area contributed by atoms with Crippen molar-refractivity contribution in [2.75, 3.05) is 31.3 Å². The van der Waals surface area contributed by atoms with Gasteiger partial charge in [-0.2, -0.15) is 12.6 Å². The topological polar surface area (TPSA) is 98.8 Å². The third-order valence-corrected chi connectivity index (χ3v) is 5.13. The van der Waals surface area contributed by atoms with E-state index in [4.69, 9.17) is 14.2 Å². The first-order valence-corrected chi connectivity index (χ1v) is 11.2. The van der Waals surface area contributed by atoms with Gasteiger partial charge in [0.25, 0.3) is 0 Å². The Hall–Kier alpha value is -3.46. The van der Waals surface area contributed by atoms with Gasteiger partial charge in [-0.15, -0.1) is 0 Å². The normalized spacial score (nSPS) is 10.5. The third-order valence-electron chi connectivity index (χ3n) is 4.84. The van der Waals surface area contributed by atoms with Gasteiger partial charge in [0.05, 0.1) is 25.0 Å². The number of methoxy groups -OCH3 is 1. The fourth-order valence-electron chi connectivity index (χ4n) is 3.17. The number of aromatic nitrogens is 1. The molecule has 0 unspecified atom stereocenters. The molecule has 0 bridgehead atoms. The van der Waals surface area contributed by atoms with Crippen molar-refractivity contribution in [1.29, 1.82) is 0 Å². The molecule has 0 atom stereocenters. The van der Waals surface area contributed by atoms with Gasteiger partial charge in [-0.1, -0.05) is 0 Å². The molecule has 174 valence electrons. The van der Waals surface area contributed by atoms with E-state index >= 15 is 0 Å². The highest BCUT2D eigenvalue weighted by Gasteiger charge is 2.12. The quantitative estimate of drug-likeness (QED) is 0.197. The third kappa shape index (κ3) is 7.01. The predicted molar refractivity (Wildman–Crippen MR) is 131 cm³/mol. The maximum absolute atomic E-state index is 11.2. The number of carbonyl (C=O) groups is 2. The molecule has 1 heterocycles. The Kier molecular flexibility index (Phi) is 9.19. The first-order chi connectivity index (χ1) is 16.1. The van der Waals surface area contributed by atoms with Crippen molar-refractivity contribution >= 4 is 41.5 Å². The summed E-state index contributed by atoms with van der Waals surface area (Å²) in [7, 11) is 1.59. The van der Waals surface area contributed by atoms with Crippen LogP contribution in [-0.2, 0) is 9.59 Å². The maximum Gasteiger partial charge on any atom is 0.229 e. The molecule has 33 heavy (non-hydrogen) atoms. The van der Waals surface area contributed by atoms with Crippen LogP contribution >= 0.6 is 12.6 Å². The zero-order chi connectivity index (χ0) is 23.5. The Morgan fingerprint density at radius 3 is 2.61 bits per heavy atom. The molecular formula is C24H27N3O5S. The minimum absolute atomic E-state index is 0.0572.